The molecule has 1 radical (unpaired) electrons. The van der Waals surface area contributed by atoms with Gasteiger partial charge in [-0.3, -0.25) is 0 Å². The second-order valence-corrected chi connectivity index (χ2v) is 3.78. The van der Waals surface area contributed by atoms with E-state index in [1.54, 1.807) is 13.2 Å². The van der Waals surface area contributed by atoms with Crippen molar-refractivity contribution in [2.24, 2.45) is 0 Å². The Labute approximate surface area is 79.5 Å². The Morgan fingerprint density at radius 2 is 2.00 bits per heavy atom. The molecule has 0 aromatic heterocycles. The lowest BCUT2D eigenvalue weighted by molar-refractivity contribution is 0.125. The average Bonchev–Trinajstić information content (AvgIpc) is 2.02. The minimum atomic E-state index is -0.206. The molecule has 1 rings (SSSR count). The van der Waals surface area contributed by atoms with Gasteiger partial charge in [0.25, 0.3) is 0 Å². The highest BCUT2D eigenvalue weighted by molar-refractivity contribution is 5.38. The van der Waals surface area contributed by atoms with Crippen LogP contribution in [0.15, 0.2) is 18.2 Å². The molecular weight excluding hydrogens is 164 g/mol. The fourth-order valence-corrected chi connectivity index (χ4v) is 0.976. The summed E-state index contributed by atoms with van der Waals surface area (Å²) in [7, 11) is 1.61. The van der Waals surface area contributed by atoms with Gasteiger partial charge in [0.05, 0.1) is 7.11 Å². The summed E-state index contributed by atoms with van der Waals surface area (Å²) in [5.41, 5.74) is -0.206. The molecule has 0 aliphatic carbocycles. The SMILES string of the molecule is COc1[c]cccc1OC(C)(C)C. The highest BCUT2D eigenvalue weighted by Crippen LogP contribution is 2.28. The third kappa shape index (κ3) is 2.98. The predicted octanol–water partition coefficient (Wildman–Crippen LogP) is 2.67. The monoisotopic (exact) mass is 179 g/mol. The van der Waals surface area contributed by atoms with E-state index in [1.165, 1.54) is 0 Å². The molecule has 1 aromatic rings. The van der Waals surface area contributed by atoms with Crippen molar-refractivity contribution in [3.8, 4) is 11.5 Å². The maximum atomic E-state index is 5.67. The summed E-state index contributed by atoms with van der Waals surface area (Å²) in [6.45, 7) is 6.00. The second kappa shape index (κ2) is 3.69. The minimum absolute atomic E-state index is 0.206. The van der Waals surface area contributed by atoms with Gasteiger partial charge in [0.15, 0.2) is 11.5 Å². The number of benzene rings is 1. The summed E-state index contributed by atoms with van der Waals surface area (Å²) >= 11 is 0. The van der Waals surface area contributed by atoms with Gasteiger partial charge >= 0.3 is 0 Å². The van der Waals surface area contributed by atoms with Crippen molar-refractivity contribution in [2.45, 2.75) is 26.4 Å². The minimum Gasteiger partial charge on any atom is -0.492 e. The smallest absolute Gasteiger partial charge is 0.168 e. The van der Waals surface area contributed by atoms with E-state index >= 15 is 0 Å². The van der Waals surface area contributed by atoms with Crippen LogP contribution in [0.2, 0.25) is 0 Å². The largest absolute Gasteiger partial charge is 0.492 e. The van der Waals surface area contributed by atoms with Crippen molar-refractivity contribution in [1.29, 1.82) is 0 Å². The van der Waals surface area contributed by atoms with Crippen LogP contribution in [0.25, 0.3) is 0 Å². The Balaban J connectivity index is 2.87. The lowest BCUT2D eigenvalue weighted by Crippen LogP contribution is -2.23. The van der Waals surface area contributed by atoms with Crippen molar-refractivity contribution >= 4 is 0 Å². The molecule has 0 heterocycles. The highest BCUT2D eigenvalue weighted by Gasteiger charge is 2.14. The van der Waals surface area contributed by atoms with E-state index in [0.717, 1.165) is 5.75 Å². The zero-order valence-corrected chi connectivity index (χ0v) is 8.55. The van der Waals surface area contributed by atoms with Gasteiger partial charge in [0.1, 0.15) is 5.60 Å². The Morgan fingerprint density at radius 3 is 2.54 bits per heavy atom. The molecule has 0 spiro atoms. The number of hydrogen-bond donors (Lipinski definition) is 0. The van der Waals surface area contributed by atoms with Crippen LogP contribution in [-0.2, 0) is 0 Å². The van der Waals surface area contributed by atoms with E-state index in [0.29, 0.717) is 5.75 Å². The first-order chi connectivity index (χ1) is 6.03. The lowest BCUT2D eigenvalue weighted by Gasteiger charge is -2.22. The molecule has 0 aliphatic heterocycles. The van der Waals surface area contributed by atoms with Crippen molar-refractivity contribution in [3.05, 3.63) is 24.3 Å². The zero-order valence-electron chi connectivity index (χ0n) is 8.55. The molecular formula is C11H15O2. The molecule has 2 nitrogen and oxygen atoms in total. The zero-order chi connectivity index (χ0) is 9.90. The van der Waals surface area contributed by atoms with Crippen LogP contribution in [0.3, 0.4) is 0 Å². The number of methoxy groups -OCH3 is 1. The quantitative estimate of drug-likeness (QED) is 0.695. The van der Waals surface area contributed by atoms with Crippen molar-refractivity contribution < 1.29 is 9.47 Å². The van der Waals surface area contributed by atoms with Crippen molar-refractivity contribution in [1.82, 2.24) is 0 Å². The first-order valence-electron chi connectivity index (χ1n) is 4.26. The fraction of sp³-hybridized carbons (Fsp3) is 0.455. The Kier molecular flexibility index (Phi) is 2.81. The van der Waals surface area contributed by atoms with Crippen molar-refractivity contribution in [2.75, 3.05) is 7.11 Å². The van der Waals surface area contributed by atoms with Gasteiger partial charge < -0.3 is 9.47 Å². The number of hydrogen-bond acceptors (Lipinski definition) is 2. The lowest BCUT2D eigenvalue weighted by atomic mass is 10.2. The molecule has 0 saturated carbocycles. The van der Waals surface area contributed by atoms with Gasteiger partial charge in [-0.2, -0.15) is 0 Å². The van der Waals surface area contributed by atoms with Crippen LogP contribution < -0.4 is 9.47 Å². The molecule has 2 heteroatoms. The van der Waals surface area contributed by atoms with Crippen LogP contribution in [0.5, 0.6) is 11.5 Å². The number of para-hydroxylation sites is 1. The summed E-state index contributed by atoms with van der Waals surface area (Å²) < 4.78 is 10.8. The molecule has 0 bridgehead atoms. The van der Waals surface area contributed by atoms with Crippen LogP contribution in [0.1, 0.15) is 20.8 Å². The van der Waals surface area contributed by atoms with Gasteiger partial charge in [0.2, 0.25) is 0 Å². The summed E-state index contributed by atoms with van der Waals surface area (Å²) in [6.07, 6.45) is 0. The van der Waals surface area contributed by atoms with E-state index in [-0.39, 0.29) is 5.60 Å². The predicted molar refractivity (Wildman–Crippen MR) is 52.2 cm³/mol. The second-order valence-electron chi connectivity index (χ2n) is 3.78. The first-order valence-corrected chi connectivity index (χ1v) is 4.26. The molecule has 71 valence electrons. The molecule has 1 aromatic carbocycles. The molecule has 0 amide bonds. The summed E-state index contributed by atoms with van der Waals surface area (Å²) in [6, 6.07) is 8.52. The standard InChI is InChI=1S/C11H15O2/c1-11(2,3)13-10-8-6-5-7-9(10)12-4/h5-6,8H,1-4H3. The van der Waals surface area contributed by atoms with E-state index < -0.39 is 0 Å². The Hall–Kier alpha value is -1.18. The van der Waals surface area contributed by atoms with Gasteiger partial charge in [-0.15, -0.1) is 0 Å². The van der Waals surface area contributed by atoms with E-state index in [9.17, 15) is 0 Å². The van der Waals surface area contributed by atoms with Crippen LogP contribution in [0.4, 0.5) is 0 Å². The summed E-state index contributed by atoms with van der Waals surface area (Å²) in [4.78, 5) is 0. The average molecular weight is 179 g/mol. The molecule has 0 N–H and O–H groups in total. The molecule has 13 heavy (non-hydrogen) atoms. The summed E-state index contributed by atoms with van der Waals surface area (Å²) in [5, 5.41) is 0. The van der Waals surface area contributed by atoms with Crippen molar-refractivity contribution in [3.63, 3.8) is 0 Å². The fourth-order valence-electron chi connectivity index (χ4n) is 0.976. The maximum absolute atomic E-state index is 5.67. The van der Waals surface area contributed by atoms with Crippen LogP contribution >= 0.6 is 0 Å². The third-order valence-corrected chi connectivity index (χ3v) is 1.40. The third-order valence-electron chi connectivity index (χ3n) is 1.40. The van der Waals surface area contributed by atoms with Crippen LogP contribution in [-0.4, -0.2) is 12.7 Å². The number of ether oxygens (including phenoxy) is 2. The molecule has 0 atom stereocenters. The number of rotatable bonds is 2. The Bertz CT molecular complexity index is 274. The van der Waals surface area contributed by atoms with E-state index in [2.05, 4.69) is 6.07 Å². The molecule has 0 aliphatic rings. The van der Waals surface area contributed by atoms with Gasteiger partial charge in [-0.25, -0.2) is 0 Å². The topological polar surface area (TPSA) is 18.5 Å². The maximum Gasteiger partial charge on any atom is 0.168 e. The first kappa shape index (κ1) is 9.90. The summed E-state index contributed by atoms with van der Waals surface area (Å²) in [5.74, 6) is 1.38. The van der Waals surface area contributed by atoms with E-state index in [1.807, 2.05) is 32.9 Å². The van der Waals surface area contributed by atoms with Crippen LogP contribution in [0, 0.1) is 6.07 Å². The van der Waals surface area contributed by atoms with Gasteiger partial charge in [-0.1, -0.05) is 12.1 Å². The molecule has 0 fully saturated rings. The van der Waals surface area contributed by atoms with Gasteiger partial charge in [-0.05, 0) is 26.8 Å². The Morgan fingerprint density at radius 1 is 1.31 bits per heavy atom. The molecule has 0 saturated heterocycles. The normalized spacial score (nSPS) is 11.1. The van der Waals surface area contributed by atoms with Gasteiger partial charge in [0, 0.05) is 6.07 Å². The van der Waals surface area contributed by atoms with E-state index in [4.69, 9.17) is 9.47 Å². The molecule has 0 unspecified atom stereocenters. The highest BCUT2D eigenvalue weighted by atomic mass is 16.5.